The molecule has 122 valence electrons. The standard InChI is InChI=1S/C17H18FNO3S/c1-22-15-8-4-13(5-9-15)17-3-2-12-19(17)23(20,21)16-10-6-14(18)7-11-16/h4-11,17H,2-3,12H2,1H3/t17-/m1/s1. The number of halogens is 1. The summed E-state index contributed by atoms with van der Waals surface area (Å²) in [7, 11) is -2.04. The van der Waals surface area contributed by atoms with E-state index in [1.165, 1.54) is 28.6 Å². The van der Waals surface area contributed by atoms with Gasteiger partial charge in [0.2, 0.25) is 10.0 Å². The molecule has 0 bridgehead atoms. The fourth-order valence-corrected chi connectivity index (χ4v) is 4.61. The van der Waals surface area contributed by atoms with Crippen LogP contribution in [0.5, 0.6) is 5.75 Å². The summed E-state index contributed by atoms with van der Waals surface area (Å²) in [4.78, 5) is 0.124. The Morgan fingerprint density at radius 1 is 1.09 bits per heavy atom. The number of nitrogens with zero attached hydrogens (tertiary/aromatic N) is 1. The number of benzene rings is 2. The van der Waals surface area contributed by atoms with Crippen LogP contribution in [-0.4, -0.2) is 26.4 Å². The van der Waals surface area contributed by atoms with Crippen molar-refractivity contribution in [1.82, 2.24) is 4.31 Å². The molecule has 1 saturated heterocycles. The lowest BCUT2D eigenvalue weighted by molar-refractivity contribution is 0.394. The van der Waals surface area contributed by atoms with Crippen LogP contribution in [0.15, 0.2) is 53.4 Å². The van der Waals surface area contributed by atoms with Crippen LogP contribution in [0.2, 0.25) is 0 Å². The molecule has 1 heterocycles. The van der Waals surface area contributed by atoms with E-state index in [1.54, 1.807) is 7.11 Å². The fraction of sp³-hybridized carbons (Fsp3) is 0.294. The van der Waals surface area contributed by atoms with E-state index in [2.05, 4.69) is 0 Å². The van der Waals surface area contributed by atoms with Gasteiger partial charge in [-0.3, -0.25) is 0 Å². The third-order valence-corrected chi connectivity index (χ3v) is 6.05. The molecule has 2 aromatic rings. The maximum absolute atomic E-state index is 13.0. The smallest absolute Gasteiger partial charge is 0.243 e. The lowest BCUT2D eigenvalue weighted by Crippen LogP contribution is -2.30. The predicted octanol–water partition coefficient (Wildman–Crippen LogP) is 3.36. The third-order valence-electron chi connectivity index (χ3n) is 4.12. The van der Waals surface area contributed by atoms with Gasteiger partial charge in [0.05, 0.1) is 18.0 Å². The van der Waals surface area contributed by atoms with Gasteiger partial charge in [-0.1, -0.05) is 12.1 Å². The predicted molar refractivity (Wildman–Crippen MR) is 85.3 cm³/mol. The molecule has 0 unspecified atom stereocenters. The maximum Gasteiger partial charge on any atom is 0.243 e. The normalized spacial score (nSPS) is 19.0. The summed E-state index contributed by atoms with van der Waals surface area (Å²) in [6.07, 6.45) is 1.57. The van der Waals surface area contributed by atoms with Gasteiger partial charge < -0.3 is 4.74 Å². The highest BCUT2D eigenvalue weighted by Crippen LogP contribution is 2.37. The van der Waals surface area contributed by atoms with E-state index >= 15 is 0 Å². The van der Waals surface area contributed by atoms with Gasteiger partial charge in [-0.15, -0.1) is 0 Å². The van der Waals surface area contributed by atoms with Crippen molar-refractivity contribution in [2.45, 2.75) is 23.8 Å². The van der Waals surface area contributed by atoms with E-state index in [1.807, 2.05) is 24.3 Å². The van der Waals surface area contributed by atoms with Crippen LogP contribution in [0, 0.1) is 5.82 Å². The van der Waals surface area contributed by atoms with Gasteiger partial charge in [0.1, 0.15) is 11.6 Å². The zero-order valence-electron chi connectivity index (χ0n) is 12.8. The average molecular weight is 335 g/mol. The summed E-state index contributed by atoms with van der Waals surface area (Å²) >= 11 is 0. The molecule has 23 heavy (non-hydrogen) atoms. The molecule has 1 aliphatic rings. The Bertz CT molecular complexity index is 772. The monoisotopic (exact) mass is 335 g/mol. The van der Waals surface area contributed by atoms with E-state index in [0.717, 1.165) is 24.2 Å². The van der Waals surface area contributed by atoms with Crippen LogP contribution < -0.4 is 4.74 Å². The van der Waals surface area contributed by atoms with E-state index in [4.69, 9.17) is 4.74 Å². The summed E-state index contributed by atoms with van der Waals surface area (Å²) in [5.41, 5.74) is 0.939. The first kappa shape index (κ1) is 16.0. The molecule has 6 heteroatoms. The third kappa shape index (κ3) is 3.09. The first-order chi connectivity index (χ1) is 11.0. The van der Waals surface area contributed by atoms with Gasteiger partial charge >= 0.3 is 0 Å². The summed E-state index contributed by atoms with van der Waals surface area (Å²) < 4.78 is 45.3. The molecule has 0 amide bonds. The zero-order valence-corrected chi connectivity index (χ0v) is 13.6. The van der Waals surface area contributed by atoms with Gasteiger partial charge in [0.25, 0.3) is 0 Å². The van der Waals surface area contributed by atoms with Crippen LogP contribution in [-0.2, 0) is 10.0 Å². The number of sulfonamides is 1. The lowest BCUT2D eigenvalue weighted by atomic mass is 10.1. The molecule has 0 radical (unpaired) electrons. The zero-order chi connectivity index (χ0) is 16.4. The topological polar surface area (TPSA) is 46.6 Å². The van der Waals surface area contributed by atoms with Crippen molar-refractivity contribution in [2.75, 3.05) is 13.7 Å². The first-order valence-corrected chi connectivity index (χ1v) is 8.88. The fourth-order valence-electron chi connectivity index (χ4n) is 2.93. The van der Waals surface area contributed by atoms with Crippen LogP contribution in [0.4, 0.5) is 4.39 Å². The van der Waals surface area contributed by atoms with Crippen molar-refractivity contribution in [3.8, 4) is 5.75 Å². The van der Waals surface area contributed by atoms with Gasteiger partial charge in [-0.25, -0.2) is 12.8 Å². The van der Waals surface area contributed by atoms with E-state index in [9.17, 15) is 12.8 Å². The van der Waals surface area contributed by atoms with Crippen LogP contribution in [0.25, 0.3) is 0 Å². The Hall–Kier alpha value is -1.92. The number of methoxy groups -OCH3 is 1. The summed E-state index contributed by atoms with van der Waals surface area (Å²) in [5, 5.41) is 0. The molecule has 0 aromatic heterocycles. The highest BCUT2D eigenvalue weighted by atomic mass is 32.2. The van der Waals surface area contributed by atoms with E-state index < -0.39 is 15.8 Å². The number of ether oxygens (including phenoxy) is 1. The number of rotatable bonds is 4. The van der Waals surface area contributed by atoms with E-state index in [-0.39, 0.29) is 10.9 Å². The highest BCUT2D eigenvalue weighted by molar-refractivity contribution is 7.89. The molecule has 0 N–H and O–H groups in total. The minimum Gasteiger partial charge on any atom is -0.497 e. The van der Waals surface area contributed by atoms with Gasteiger partial charge in [-0.05, 0) is 54.8 Å². The SMILES string of the molecule is COc1ccc([C@H]2CCCN2S(=O)(=O)c2ccc(F)cc2)cc1. The molecule has 0 aliphatic carbocycles. The molecule has 1 aliphatic heterocycles. The molecule has 2 aromatic carbocycles. The van der Waals surface area contributed by atoms with Crippen molar-refractivity contribution in [1.29, 1.82) is 0 Å². The average Bonchev–Trinajstić information content (AvgIpc) is 3.06. The van der Waals surface area contributed by atoms with Crippen LogP contribution in [0.1, 0.15) is 24.4 Å². The quantitative estimate of drug-likeness (QED) is 0.861. The Kier molecular flexibility index (Phi) is 4.37. The minimum atomic E-state index is -3.63. The van der Waals surface area contributed by atoms with Gasteiger partial charge in [0.15, 0.2) is 0 Å². The van der Waals surface area contributed by atoms with Crippen LogP contribution >= 0.6 is 0 Å². The van der Waals surface area contributed by atoms with Crippen molar-refractivity contribution >= 4 is 10.0 Å². The van der Waals surface area contributed by atoms with Crippen molar-refractivity contribution in [3.05, 3.63) is 59.9 Å². The highest BCUT2D eigenvalue weighted by Gasteiger charge is 2.36. The van der Waals surface area contributed by atoms with Gasteiger partial charge in [0, 0.05) is 6.54 Å². The van der Waals surface area contributed by atoms with Crippen molar-refractivity contribution in [3.63, 3.8) is 0 Å². The first-order valence-electron chi connectivity index (χ1n) is 7.44. The second-order valence-corrected chi connectivity index (χ2v) is 7.39. The largest absolute Gasteiger partial charge is 0.497 e. The molecule has 4 nitrogen and oxygen atoms in total. The number of hydrogen-bond acceptors (Lipinski definition) is 3. The Morgan fingerprint density at radius 3 is 2.35 bits per heavy atom. The summed E-state index contributed by atoms with van der Waals surface area (Å²) in [5.74, 6) is 0.289. The van der Waals surface area contributed by atoms with Crippen molar-refractivity contribution in [2.24, 2.45) is 0 Å². The molecule has 0 spiro atoms. The van der Waals surface area contributed by atoms with E-state index in [0.29, 0.717) is 6.54 Å². The lowest BCUT2D eigenvalue weighted by Gasteiger charge is -2.24. The summed E-state index contributed by atoms with van der Waals surface area (Å²) in [6, 6.07) is 12.2. The van der Waals surface area contributed by atoms with Gasteiger partial charge in [-0.2, -0.15) is 4.31 Å². The molecule has 1 atom stereocenters. The second kappa shape index (κ2) is 6.29. The number of hydrogen-bond donors (Lipinski definition) is 0. The molecular weight excluding hydrogens is 317 g/mol. The van der Waals surface area contributed by atoms with Crippen LogP contribution in [0.3, 0.4) is 0 Å². The minimum absolute atomic E-state index is 0.124. The molecular formula is C17H18FNO3S. The second-order valence-electron chi connectivity index (χ2n) is 5.50. The molecule has 0 saturated carbocycles. The summed E-state index contributed by atoms with van der Waals surface area (Å²) in [6.45, 7) is 0.469. The Labute approximate surface area is 135 Å². The maximum atomic E-state index is 13.0. The Balaban J connectivity index is 1.92. The Morgan fingerprint density at radius 2 is 1.74 bits per heavy atom. The molecule has 3 rings (SSSR count). The molecule has 1 fully saturated rings. The van der Waals surface area contributed by atoms with Crippen molar-refractivity contribution < 1.29 is 17.5 Å².